The van der Waals surface area contributed by atoms with Crippen molar-refractivity contribution in [2.24, 2.45) is 0 Å². The molecular formula is C20H20N4O4S. The van der Waals surface area contributed by atoms with Gasteiger partial charge < -0.3 is 15.0 Å². The Hall–Kier alpha value is -3.17. The number of sulfonamides is 1. The normalized spacial score (nSPS) is 14.8. The lowest BCUT2D eigenvalue weighted by atomic mass is 9.98. The zero-order chi connectivity index (χ0) is 20.6. The lowest BCUT2D eigenvalue weighted by Gasteiger charge is -2.23. The fourth-order valence-electron chi connectivity index (χ4n) is 3.46. The molecule has 2 aromatic heterocycles. The summed E-state index contributed by atoms with van der Waals surface area (Å²) in [5, 5.41) is 10.1. The van der Waals surface area contributed by atoms with Crippen LogP contribution in [0.2, 0.25) is 0 Å². The summed E-state index contributed by atoms with van der Waals surface area (Å²) in [7, 11) is -2.10. The van der Waals surface area contributed by atoms with E-state index < -0.39 is 16.1 Å². The molecule has 0 radical (unpaired) electrons. The summed E-state index contributed by atoms with van der Waals surface area (Å²) in [5.41, 5.74) is 4.57. The Morgan fingerprint density at radius 1 is 1.24 bits per heavy atom. The van der Waals surface area contributed by atoms with Crippen molar-refractivity contribution in [1.29, 1.82) is 0 Å². The molecule has 3 N–H and O–H groups in total. The van der Waals surface area contributed by atoms with Crippen molar-refractivity contribution in [2.45, 2.75) is 11.3 Å². The van der Waals surface area contributed by atoms with Gasteiger partial charge in [0.15, 0.2) is 0 Å². The third-order valence-electron chi connectivity index (χ3n) is 5.12. The zero-order valence-electron chi connectivity index (χ0n) is 15.7. The molecule has 3 heterocycles. The van der Waals surface area contributed by atoms with Crippen molar-refractivity contribution in [1.82, 2.24) is 19.6 Å². The van der Waals surface area contributed by atoms with Crippen LogP contribution in [0.25, 0.3) is 27.7 Å². The van der Waals surface area contributed by atoms with Gasteiger partial charge in [-0.1, -0.05) is 18.2 Å². The Kier molecular flexibility index (Phi) is 4.85. The third kappa shape index (κ3) is 3.62. The van der Waals surface area contributed by atoms with E-state index in [1.807, 2.05) is 18.3 Å². The predicted molar refractivity (Wildman–Crippen MR) is 110 cm³/mol. The Balaban J connectivity index is 1.68. The van der Waals surface area contributed by atoms with Crippen LogP contribution >= 0.6 is 0 Å². The van der Waals surface area contributed by atoms with Crippen molar-refractivity contribution in [2.75, 3.05) is 20.1 Å². The van der Waals surface area contributed by atoms with Crippen molar-refractivity contribution in [3.63, 3.8) is 0 Å². The van der Waals surface area contributed by atoms with E-state index >= 15 is 0 Å². The topological polar surface area (TPSA) is 115 Å². The molecule has 0 bridgehead atoms. The van der Waals surface area contributed by atoms with Crippen LogP contribution in [-0.2, 0) is 10.0 Å². The quantitative estimate of drug-likeness (QED) is 0.609. The molecule has 1 amide bonds. The smallest absolute Gasteiger partial charge is 0.407 e. The molecule has 1 aliphatic heterocycles. The maximum absolute atomic E-state index is 11.9. The highest BCUT2D eigenvalue weighted by atomic mass is 32.2. The van der Waals surface area contributed by atoms with E-state index in [1.165, 1.54) is 11.9 Å². The van der Waals surface area contributed by atoms with E-state index in [-0.39, 0.29) is 4.90 Å². The molecule has 0 saturated heterocycles. The molecule has 1 aliphatic rings. The molecule has 9 heteroatoms. The summed E-state index contributed by atoms with van der Waals surface area (Å²) in [6.45, 7) is 0.828. The number of aromatic nitrogens is 2. The number of pyridine rings is 1. The van der Waals surface area contributed by atoms with Crippen molar-refractivity contribution in [3.05, 3.63) is 54.4 Å². The third-order valence-corrected chi connectivity index (χ3v) is 6.55. The summed E-state index contributed by atoms with van der Waals surface area (Å²) in [4.78, 5) is 20.3. The molecule has 3 aromatic rings. The molecule has 150 valence electrons. The molecule has 29 heavy (non-hydrogen) atoms. The van der Waals surface area contributed by atoms with Gasteiger partial charge in [-0.2, -0.15) is 0 Å². The summed E-state index contributed by atoms with van der Waals surface area (Å²) in [6.07, 6.45) is 5.30. The van der Waals surface area contributed by atoms with Crippen molar-refractivity contribution < 1.29 is 18.3 Å². The highest BCUT2D eigenvalue weighted by Crippen LogP contribution is 2.31. The van der Waals surface area contributed by atoms with Crippen LogP contribution in [0.15, 0.2) is 53.7 Å². The van der Waals surface area contributed by atoms with Crippen LogP contribution in [-0.4, -0.2) is 54.6 Å². The number of nitrogens with zero attached hydrogens (tertiary/aromatic N) is 2. The van der Waals surface area contributed by atoms with Gasteiger partial charge in [0.1, 0.15) is 5.65 Å². The first-order valence-electron chi connectivity index (χ1n) is 9.07. The first-order valence-corrected chi connectivity index (χ1v) is 10.6. The molecule has 0 unspecified atom stereocenters. The van der Waals surface area contributed by atoms with Gasteiger partial charge in [-0.15, -0.1) is 0 Å². The van der Waals surface area contributed by atoms with Crippen LogP contribution in [0.3, 0.4) is 0 Å². The molecule has 0 aliphatic carbocycles. The van der Waals surface area contributed by atoms with Crippen molar-refractivity contribution in [3.8, 4) is 11.1 Å². The second kappa shape index (κ2) is 7.34. The number of hydrogen-bond acceptors (Lipinski definition) is 4. The molecule has 1 aromatic carbocycles. The second-order valence-electron chi connectivity index (χ2n) is 6.76. The lowest BCUT2D eigenvalue weighted by Crippen LogP contribution is -2.33. The maximum atomic E-state index is 11.9. The fraction of sp³-hybridized carbons (Fsp3) is 0.200. The van der Waals surface area contributed by atoms with Gasteiger partial charge in [0.05, 0.1) is 4.90 Å². The second-order valence-corrected chi connectivity index (χ2v) is 8.65. The molecular weight excluding hydrogens is 392 g/mol. The SMILES string of the molecule is CNS(=O)(=O)c1ccc(-c2cnc3[nH]cc(C4=CCN(C(=O)O)CC4)c3c2)cc1. The highest BCUT2D eigenvalue weighted by Gasteiger charge is 2.19. The standard InChI is InChI=1S/C20H20N4O4S/c1-21-29(27,28)16-4-2-13(3-5-16)15-10-17-18(12-23-19(17)22-11-15)14-6-8-24(9-7-14)20(25)26/h2-6,10-12,21H,7-9H2,1H3,(H,22,23)(H,25,26). The van der Waals surface area contributed by atoms with Gasteiger partial charge in [0.25, 0.3) is 0 Å². The highest BCUT2D eigenvalue weighted by molar-refractivity contribution is 7.89. The number of nitrogens with one attached hydrogen (secondary N) is 2. The van der Waals surface area contributed by atoms with E-state index in [4.69, 9.17) is 5.11 Å². The molecule has 4 rings (SSSR count). The maximum Gasteiger partial charge on any atom is 0.407 e. The minimum absolute atomic E-state index is 0.204. The van der Waals surface area contributed by atoms with Gasteiger partial charge in [-0.25, -0.2) is 22.9 Å². The van der Waals surface area contributed by atoms with Gasteiger partial charge in [-0.3, -0.25) is 0 Å². The Morgan fingerprint density at radius 3 is 2.62 bits per heavy atom. The van der Waals surface area contributed by atoms with Crippen LogP contribution in [0.4, 0.5) is 4.79 Å². The number of carbonyl (C=O) groups is 1. The van der Waals surface area contributed by atoms with Gasteiger partial charge in [0.2, 0.25) is 10.0 Å². The van der Waals surface area contributed by atoms with Crippen LogP contribution in [0.1, 0.15) is 12.0 Å². The number of H-pyrrole nitrogens is 1. The molecule has 0 spiro atoms. The van der Waals surface area contributed by atoms with Crippen molar-refractivity contribution >= 4 is 32.7 Å². The number of aromatic amines is 1. The number of hydrogen-bond donors (Lipinski definition) is 3. The Bertz CT molecular complexity index is 1210. The first kappa shape index (κ1) is 19.2. The Labute approximate surface area is 167 Å². The zero-order valence-corrected chi connectivity index (χ0v) is 16.5. The first-order chi connectivity index (χ1) is 13.9. The summed E-state index contributed by atoms with van der Waals surface area (Å²) in [6, 6.07) is 8.65. The van der Waals surface area contributed by atoms with Gasteiger partial charge in [-0.05, 0) is 42.8 Å². The number of amides is 1. The molecule has 0 fully saturated rings. The van der Waals surface area contributed by atoms with E-state index in [2.05, 4.69) is 14.7 Å². The number of rotatable bonds is 4. The van der Waals surface area contributed by atoms with E-state index in [9.17, 15) is 13.2 Å². The monoisotopic (exact) mass is 412 g/mol. The van der Waals surface area contributed by atoms with Gasteiger partial charge in [0, 0.05) is 42.0 Å². The van der Waals surface area contributed by atoms with E-state index in [1.54, 1.807) is 30.5 Å². The van der Waals surface area contributed by atoms with Gasteiger partial charge >= 0.3 is 6.09 Å². The average molecular weight is 412 g/mol. The largest absolute Gasteiger partial charge is 0.465 e. The summed E-state index contributed by atoms with van der Waals surface area (Å²) < 4.78 is 26.1. The summed E-state index contributed by atoms with van der Waals surface area (Å²) >= 11 is 0. The van der Waals surface area contributed by atoms with E-state index in [0.29, 0.717) is 19.5 Å². The number of carboxylic acid groups (broad SMARTS) is 1. The number of fused-ring (bicyclic) bond motifs is 1. The fourth-order valence-corrected chi connectivity index (χ4v) is 4.19. The van der Waals surface area contributed by atoms with Crippen LogP contribution in [0.5, 0.6) is 0 Å². The van der Waals surface area contributed by atoms with Crippen LogP contribution < -0.4 is 4.72 Å². The molecule has 0 saturated carbocycles. The Morgan fingerprint density at radius 2 is 2.00 bits per heavy atom. The predicted octanol–water partition coefficient (Wildman–Crippen LogP) is 2.91. The van der Waals surface area contributed by atoms with E-state index in [0.717, 1.165) is 33.3 Å². The van der Waals surface area contributed by atoms with Crippen LogP contribution in [0, 0.1) is 0 Å². The number of benzene rings is 1. The average Bonchev–Trinajstić information content (AvgIpc) is 3.17. The summed E-state index contributed by atoms with van der Waals surface area (Å²) in [5.74, 6) is 0. The lowest BCUT2D eigenvalue weighted by molar-refractivity contribution is 0.150. The molecule has 8 nitrogen and oxygen atoms in total. The minimum atomic E-state index is -3.48. The molecule has 0 atom stereocenters. The minimum Gasteiger partial charge on any atom is -0.465 e.